The maximum Gasteiger partial charge on any atom is 0.279 e. The molecule has 0 aliphatic carbocycles. The van der Waals surface area contributed by atoms with Crippen molar-refractivity contribution < 1.29 is 4.79 Å². The minimum Gasteiger partial charge on any atom is -0.317 e. The van der Waals surface area contributed by atoms with Gasteiger partial charge in [0.15, 0.2) is 10.8 Å². The molecule has 3 rings (SSSR count). The quantitative estimate of drug-likeness (QED) is 0.837. The van der Waals surface area contributed by atoms with E-state index in [1.165, 1.54) is 4.88 Å². The molecular weight excluding hydrogens is 324 g/mol. The smallest absolute Gasteiger partial charge is 0.279 e. The molecule has 3 heterocycles. The topological polar surface area (TPSA) is 84.7 Å². The molecule has 2 aromatic heterocycles. The molecule has 0 unspecified atom stereocenters. The lowest BCUT2D eigenvalue weighted by Gasteiger charge is -2.21. The predicted molar refractivity (Wildman–Crippen MR) is 94.6 cm³/mol. The van der Waals surface area contributed by atoms with Crippen LogP contribution in [0, 0.1) is 0 Å². The number of piperidine rings is 1. The summed E-state index contributed by atoms with van der Waals surface area (Å²) in [6, 6.07) is 0.322. The monoisotopic (exact) mass is 348 g/mol. The highest BCUT2D eigenvalue weighted by atomic mass is 32.1. The number of thiazole rings is 1. The number of carbonyl (C=O) groups is 1. The van der Waals surface area contributed by atoms with Crippen molar-refractivity contribution in [1.82, 2.24) is 25.3 Å². The highest BCUT2D eigenvalue weighted by Crippen LogP contribution is 2.25. The van der Waals surface area contributed by atoms with E-state index >= 15 is 0 Å². The molecule has 130 valence electrons. The van der Waals surface area contributed by atoms with E-state index in [0.717, 1.165) is 50.9 Å². The Balaban J connectivity index is 1.67. The van der Waals surface area contributed by atoms with Crippen LogP contribution < -0.4 is 10.6 Å². The lowest BCUT2D eigenvalue weighted by atomic mass is 10.1. The summed E-state index contributed by atoms with van der Waals surface area (Å²) < 4.78 is 1.82. The third-order valence-corrected chi connectivity index (χ3v) is 5.39. The van der Waals surface area contributed by atoms with Gasteiger partial charge in [0.1, 0.15) is 0 Å². The van der Waals surface area contributed by atoms with Crippen LogP contribution in [-0.2, 0) is 12.8 Å². The first-order valence-corrected chi connectivity index (χ1v) is 9.45. The Bertz CT molecular complexity index is 689. The van der Waals surface area contributed by atoms with Gasteiger partial charge in [0.2, 0.25) is 0 Å². The normalized spacial score (nSPS) is 15.6. The van der Waals surface area contributed by atoms with Crippen LogP contribution in [0.3, 0.4) is 0 Å². The molecule has 0 saturated carbocycles. The third-order valence-electron chi connectivity index (χ3n) is 4.23. The molecule has 0 aromatic carbocycles. The zero-order chi connectivity index (χ0) is 16.9. The fourth-order valence-electron chi connectivity index (χ4n) is 2.94. The van der Waals surface area contributed by atoms with Gasteiger partial charge in [-0.15, -0.1) is 16.4 Å². The zero-order valence-corrected chi connectivity index (χ0v) is 15.0. The second-order valence-electron chi connectivity index (χ2n) is 6.01. The first kappa shape index (κ1) is 17.0. The van der Waals surface area contributed by atoms with E-state index in [0.29, 0.717) is 16.9 Å². The van der Waals surface area contributed by atoms with Crippen LogP contribution in [-0.4, -0.2) is 39.0 Å². The average molecular weight is 348 g/mol. The first-order chi connectivity index (χ1) is 11.7. The molecule has 1 aliphatic rings. The maximum atomic E-state index is 12.4. The van der Waals surface area contributed by atoms with Gasteiger partial charge < -0.3 is 5.32 Å². The standard InChI is InChI=1S/C16H24N6OS/c1-3-5-12-14(4-2)24-16(18-12)19-15(23)13-10-22(21-20-13)11-6-8-17-9-7-11/h10-11,17H,3-9H2,1-2H3,(H,18,19,23). The average Bonchev–Trinajstić information content (AvgIpc) is 3.23. The maximum absolute atomic E-state index is 12.4. The Morgan fingerprint density at radius 1 is 1.42 bits per heavy atom. The van der Waals surface area contributed by atoms with Crippen LogP contribution in [0.15, 0.2) is 6.20 Å². The summed E-state index contributed by atoms with van der Waals surface area (Å²) in [5.41, 5.74) is 1.44. The fourth-order valence-corrected chi connectivity index (χ4v) is 3.88. The van der Waals surface area contributed by atoms with Crippen molar-refractivity contribution in [2.75, 3.05) is 18.4 Å². The molecule has 2 N–H and O–H groups in total. The van der Waals surface area contributed by atoms with E-state index in [1.54, 1.807) is 17.5 Å². The number of carbonyl (C=O) groups excluding carboxylic acids is 1. The lowest BCUT2D eigenvalue weighted by Crippen LogP contribution is -2.29. The second kappa shape index (κ2) is 7.85. The number of aryl methyl sites for hydroxylation is 2. The van der Waals surface area contributed by atoms with Gasteiger partial charge in [-0.1, -0.05) is 25.5 Å². The van der Waals surface area contributed by atoms with E-state index in [1.807, 2.05) is 4.68 Å². The van der Waals surface area contributed by atoms with Gasteiger partial charge in [-0.05, 0) is 38.8 Å². The van der Waals surface area contributed by atoms with E-state index in [4.69, 9.17) is 0 Å². The number of nitrogens with zero attached hydrogens (tertiary/aromatic N) is 4. The Labute approximate surface area is 145 Å². The van der Waals surface area contributed by atoms with Crippen molar-refractivity contribution in [3.05, 3.63) is 22.5 Å². The predicted octanol–water partition coefficient (Wildman–Crippen LogP) is 2.43. The molecule has 2 aromatic rings. The van der Waals surface area contributed by atoms with E-state index in [-0.39, 0.29) is 5.91 Å². The second-order valence-corrected chi connectivity index (χ2v) is 7.10. The van der Waals surface area contributed by atoms with Crippen molar-refractivity contribution in [2.24, 2.45) is 0 Å². The van der Waals surface area contributed by atoms with Crippen molar-refractivity contribution in [2.45, 2.75) is 52.0 Å². The number of rotatable bonds is 6. The summed E-state index contributed by atoms with van der Waals surface area (Å²) in [6.45, 7) is 6.20. The molecule has 8 heteroatoms. The number of aromatic nitrogens is 4. The minimum atomic E-state index is -0.241. The summed E-state index contributed by atoms with van der Waals surface area (Å²) in [5.74, 6) is -0.241. The molecule has 1 aliphatic heterocycles. The molecule has 1 fully saturated rings. The first-order valence-electron chi connectivity index (χ1n) is 8.63. The van der Waals surface area contributed by atoms with Crippen LogP contribution in [0.5, 0.6) is 0 Å². The van der Waals surface area contributed by atoms with Gasteiger partial charge in [0, 0.05) is 4.88 Å². The highest BCUT2D eigenvalue weighted by molar-refractivity contribution is 7.15. The van der Waals surface area contributed by atoms with Gasteiger partial charge in [-0.25, -0.2) is 9.67 Å². The molecule has 7 nitrogen and oxygen atoms in total. The minimum absolute atomic E-state index is 0.241. The summed E-state index contributed by atoms with van der Waals surface area (Å²) >= 11 is 1.55. The van der Waals surface area contributed by atoms with Gasteiger partial charge in [-0.3, -0.25) is 10.1 Å². The largest absolute Gasteiger partial charge is 0.317 e. The number of hydrogen-bond donors (Lipinski definition) is 2. The van der Waals surface area contributed by atoms with Crippen LogP contribution >= 0.6 is 11.3 Å². The molecule has 0 radical (unpaired) electrons. The van der Waals surface area contributed by atoms with E-state index < -0.39 is 0 Å². The number of anilines is 1. The van der Waals surface area contributed by atoms with Crippen LogP contribution in [0.4, 0.5) is 5.13 Å². The van der Waals surface area contributed by atoms with E-state index in [9.17, 15) is 4.79 Å². The van der Waals surface area contributed by atoms with Crippen molar-refractivity contribution in [3.63, 3.8) is 0 Å². The van der Waals surface area contributed by atoms with Gasteiger partial charge in [0.25, 0.3) is 5.91 Å². The Morgan fingerprint density at radius 3 is 2.92 bits per heavy atom. The molecular formula is C16H24N6OS. The Hall–Kier alpha value is -1.80. The molecule has 24 heavy (non-hydrogen) atoms. The van der Waals surface area contributed by atoms with Crippen molar-refractivity contribution in [3.8, 4) is 0 Å². The number of hydrogen-bond acceptors (Lipinski definition) is 6. The van der Waals surface area contributed by atoms with E-state index in [2.05, 4.69) is 39.8 Å². The van der Waals surface area contributed by atoms with Gasteiger partial charge >= 0.3 is 0 Å². The van der Waals surface area contributed by atoms with Crippen molar-refractivity contribution >= 4 is 22.4 Å². The summed E-state index contributed by atoms with van der Waals surface area (Å²) in [6.07, 6.45) is 6.70. The zero-order valence-electron chi connectivity index (χ0n) is 14.2. The van der Waals surface area contributed by atoms with Crippen LogP contribution in [0.2, 0.25) is 0 Å². The molecule has 0 atom stereocenters. The van der Waals surface area contributed by atoms with Crippen LogP contribution in [0.25, 0.3) is 0 Å². The number of amides is 1. The fraction of sp³-hybridized carbons (Fsp3) is 0.625. The third kappa shape index (κ3) is 3.81. The Morgan fingerprint density at radius 2 is 2.21 bits per heavy atom. The summed E-state index contributed by atoms with van der Waals surface area (Å²) in [4.78, 5) is 18.2. The molecule has 0 bridgehead atoms. The molecule has 1 saturated heterocycles. The number of nitrogens with one attached hydrogen (secondary N) is 2. The molecule has 0 spiro atoms. The Kier molecular flexibility index (Phi) is 5.57. The van der Waals surface area contributed by atoms with Crippen LogP contribution in [0.1, 0.15) is 60.2 Å². The highest BCUT2D eigenvalue weighted by Gasteiger charge is 2.20. The summed E-state index contributed by atoms with van der Waals surface area (Å²) in [7, 11) is 0. The van der Waals surface area contributed by atoms with Crippen molar-refractivity contribution in [1.29, 1.82) is 0 Å². The SMILES string of the molecule is CCCc1nc(NC(=O)c2cn(C3CCNCC3)nn2)sc1CC. The lowest BCUT2D eigenvalue weighted by molar-refractivity contribution is 0.102. The molecule has 1 amide bonds. The summed E-state index contributed by atoms with van der Waals surface area (Å²) in [5, 5.41) is 15.0. The van der Waals surface area contributed by atoms with Gasteiger partial charge in [0.05, 0.1) is 17.9 Å². The van der Waals surface area contributed by atoms with Gasteiger partial charge in [-0.2, -0.15) is 0 Å².